The van der Waals surface area contributed by atoms with Crippen molar-refractivity contribution in [2.75, 3.05) is 32.7 Å². The van der Waals surface area contributed by atoms with Gasteiger partial charge in [-0.2, -0.15) is 0 Å². The number of oxime groups is 1. The van der Waals surface area contributed by atoms with Gasteiger partial charge in [-0.05, 0) is 134 Å². The van der Waals surface area contributed by atoms with E-state index in [4.69, 9.17) is 28.9 Å². The van der Waals surface area contributed by atoms with Crippen LogP contribution in [-0.2, 0) is 27.5 Å². The number of ether oxygens (including phenoxy) is 4. The molecular weight excluding hydrogens is 986 g/mol. The molecule has 0 spiro atoms. The highest BCUT2D eigenvalue weighted by Gasteiger charge is 2.65. The molecule has 410 valence electrons. The first-order chi connectivity index (χ1) is 37.1. The average molecular weight is 1060 g/mol. The maximum Gasteiger partial charge on any atom is 0.410 e. The van der Waals surface area contributed by atoms with Crippen molar-refractivity contribution in [1.29, 1.82) is 0 Å². The van der Waals surface area contributed by atoms with Gasteiger partial charge in [-0.3, -0.25) is 15.0 Å². The molecule has 1 fully saturated rings. The Hall–Kier alpha value is -5.74. The number of nitrogens with zero attached hydrogens (tertiary/aromatic N) is 3. The van der Waals surface area contributed by atoms with Crippen LogP contribution >= 0.6 is 11.8 Å². The number of carbonyl (C=O) groups excluding carboxylic acids is 1. The third-order valence-electron chi connectivity index (χ3n) is 15.1. The predicted molar refractivity (Wildman–Crippen MR) is 296 cm³/mol. The van der Waals surface area contributed by atoms with E-state index in [1.165, 1.54) is 62.8 Å². The van der Waals surface area contributed by atoms with E-state index in [0.29, 0.717) is 53.3 Å². The number of non-ortho nitro benzene ring substituents is 1. The number of aliphatic hydroxyl groups is 2. The van der Waals surface area contributed by atoms with Gasteiger partial charge in [-0.25, -0.2) is 9.18 Å². The summed E-state index contributed by atoms with van der Waals surface area (Å²) in [6, 6.07) is 25.1. The number of benzene rings is 4. The summed E-state index contributed by atoms with van der Waals surface area (Å²) in [6.45, 7) is 6.69. The van der Waals surface area contributed by atoms with Crippen molar-refractivity contribution in [3.05, 3.63) is 148 Å². The number of nitro groups is 1. The van der Waals surface area contributed by atoms with Crippen LogP contribution in [0.25, 0.3) is 0 Å². The Labute approximate surface area is 453 Å². The zero-order valence-electron chi connectivity index (χ0n) is 44.5. The molecule has 1 heterocycles. The Morgan fingerprint density at radius 1 is 0.868 bits per heavy atom. The summed E-state index contributed by atoms with van der Waals surface area (Å²) in [5, 5.41) is 36.6. The fraction of sp³-hybridized carbons (Fsp3) is 0.508. The van der Waals surface area contributed by atoms with Crippen LogP contribution in [0.3, 0.4) is 0 Å². The van der Waals surface area contributed by atoms with Gasteiger partial charge in [-0.1, -0.05) is 107 Å². The van der Waals surface area contributed by atoms with Crippen molar-refractivity contribution >= 4 is 29.3 Å². The lowest BCUT2D eigenvalue weighted by atomic mass is 9.55. The number of amides is 1. The fourth-order valence-corrected chi connectivity index (χ4v) is 11.7. The first kappa shape index (κ1) is 58.0. The fourth-order valence-electron chi connectivity index (χ4n) is 11.3. The highest BCUT2D eigenvalue weighted by atomic mass is 32.2. The highest BCUT2D eigenvalue weighted by molar-refractivity contribution is 7.98. The third-order valence-corrected chi connectivity index (χ3v) is 15.8. The second-order valence-corrected chi connectivity index (χ2v) is 21.2. The quantitative estimate of drug-likeness (QED) is 0.0157. The van der Waals surface area contributed by atoms with Crippen molar-refractivity contribution in [3.63, 3.8) is 0 Å². The number of rotatable bonds is 32. The van der Waals surface area contributed by atoms with E-state index in [1.807, 2.05) is 42.7 Å². The molecule has 76 heavy (non-hydrogen) atoms. The number of nitro benzene ring substituents is 1. The van der Waals surface area contributed by atoms with Crippen molar-refractivity contribution in [2.24, 2.45) is 22.9 Å². The van der Waals surface area contributed by atoms with Crippen LogP contribution in [0.4, 0.5) is 14.9 Å². The first-order valence-corrected chi connectivity index (χ1v) is 28.8. The van der Waals surface area contributed by atoms with E-state index in [1.54, 1.807) is 47.0 Å². The van der Waals surface area contributed by atoms with Gasteiger partial charge in [0, 0.05) is 54.7 Å². The van der Waals surface area contributed by atoms with Gasteiger partial charge in [0.15, 0.2) is 0 Å². The normalized spacial score (nSPS) is 20.9. The number of thioether (sulfide) groups is 1. The van der Waals surface area contributed by atoms with E-state index in [-0.39, 0.29) is 69.4 Å². The first-order valence-electron chi connectivity index (χ1n) is 27.6. The molecule has 4 aromatic carbocycles. The maximum absolute atomic E-state index is 15.1. The Kier molecular flexibility index (Phi) is 22.6. The summed E-state index contributed by atoms with van der Waals surface area (Å²) in [4.78, 5) is 35.2. The molecule has 1 amide bonds. The predicted octanol–water partition coefficient (Wildman–Crippen LogP) is 14.6. The van der Waals surface area contributed by atoms with Crippen LogP contribution in [0.1, 0.15) is 139 Å². The molecule has 6 unspecified atom stereocenters. The van der Waals surface area contributed by atoms with Crippen molar-refractivity contribution in [2.45, 2.75) is 152 Å². The Balaban J connectivity index is 1.35. The van der Waals surface area contributed by atoms with Crippen molar-refractivity contribution in [3.8, 4) is 17.2 Å². The molecule has 0 aromatic heterocycles. The van der Waals surface area contributed by atoms with E-state index < -0.39 is 34.6 Å². The lowest BCUT2D eigenvalue weighted by molar-refractivity contribution is -0.384. The molecule has 2 aliphatic carbocycles. The van der Waals surface area contributed by atoms with E-state index in [9.17, 15) is 24.7 Å². The summed E-state index contributed by atoms with van der Waals surface area (Å²) >= 11 is 1.65. The number of hydrogen-bond donors (Lipinski definition) is 2. The van der Waals surface area contributed by atoms with Gasteiger partial charge in [0.25, 0.3) is 5.69 Å². The SMILES string of the molecule is C=CCOC12Oc3ccc(Oc4ccc(SC)cc4)cc3C3C(CCCCO)C(CCCCO)C=C(C(=NOCc4ccc([N+](=O)[O-])cc4)CC1N(Cc1ccc(F)cc1)C(=O)OCCCCCCCCCCCC)C32. The molecule has 0 bridgehead atoms. The van der Waals surface area contributed by atoms with Crippen molar-refractivity contribution < 1.29 is 48.1 Å². The van der Waals surface area contributed by atoms with Crippen LogP contribution in [0.2, 0.25) is 0 Å². The zero-order chi connectivity index (χ0) is 53.7. The van der Waals surface area contributed by atoms with Gasteiger partial charge < -0.3 is 34.0 Å². The minimum atomic E-state index is -1.58. The lowest BCUT2D eigenvalue weighted by Gasteiger charge is -2.59. The van der Waals surface area contributed by atoms with Crippen LogP contribution < -0.4 is 9.47 Å². The van der Waals surface area contributed by atoms with Crippen LogP contribution in [0, 0.1) is 33.7 Å². The highest BCUT2D eigenvalue weighted by Crippen LogP contribution is 2.62. The van der Waals surface area contributed by atoms with Gasteiger partial charge in [0.05, 0.1) is 29.8 Å². The van der Waals surface area contributed by atoms with Gasteiger partial charge in [0.1, 0.15) is 35.7 Å². The molecule has 1 saturated carbocycles. The standard InChI is InChI=1S/C61H78FN3O10S/c1-4-6-7-8-9-10-11-12-13-18-38-71-60(68)64(42-44-21-25-47(62)26-22-44)57-41-55(63-73-43-45-23-27-48(28-24-45)65(69)70)53-39-46(19-14-16-35-66)52(20-15-17-36-67)58-54-40-50(74-49-29-32-51(76-3)33-30-49)31-34-56(54)75-61(57,59(53)58)72-37-5-2/h5,21-34,39-40,46,52,57-59,66-67H,2,4,6-20,35-38,41-43H2,1,3H3. The number of fused-ring (bicyclic) bond motifs is 2. The second-order valence-electron chi connectivity index (χ2n) is 20.3. The summed E-state index contributed by atoms with van der Waals surface area (Å²) in [6.07, 6.45) is 21.0. The molecule has 0 saturated heterocycles. The number of aliphatic hydroxyl groups excluding tert-OH is 2. The summed E-state index contributed by atoms with van der Waals surface area (Å²) in [5.41, 5.74) is 3.60. The second kappa shape index (κ2) is 29.7. The summed E-state index contributed by atoms with van der Waals surface area (Å²) in [7, 11) is 0. The topological polar surface area (TPSA) is 162 Å². The minimum absolute atomic E-state index is 0.00744. The number of allylic oxidation sites excluding steroid dienone is 1. The Morgan fingerprint density at radius 2 is 1.53 bits per heavy atom. The molecule has 0 radical (unpaired) electrons. The van der Waals surface area contributed by atoms with Crippen LogP contribution in [-0.4, -0.2) is 76.4 Å². The number of unbranched alkanes of at least 4 members (excludes halogenated alkanes) is 11. The number of hydrogen-bond acceptors (Lipinski definition) is 12. The third kappa shape index (κ3) is 15.3. The monoisotopic (exact) mass is 1060 g/mol. The Bertz CT molecular complexity index is 2530. The number of halogens is 1. The maximum atomic E-state index is 15.1. The molecule has 3 aliphatic rings. The molecule has 13 nitrogen and oxygen atoms in total. The lowest BCUT2D eigenvalue weighted by Crippen LogP contribution is -2.70. The molecule has 6 atom stereocenters. The van der Waals surface area contributed by atoms with Crippen LogP contribution in [0.15, 0.2) is 125 Å². The molecule has 15 heteroatoms. The van der Waals surface area contributed by atoms with E-state index in [0.717, 1.165) is 61.0 Å². The molecule has 4 aromatic rings. The molecule has 7 rings (SSSR count). The minimum Gasteiger partial charge on any atom is -0.459 e. The van der Waals surface area contributed by atoms with Gasteiger partial charge in [-0.15, -0.1) is 18.3 Å². The molecule has 1 aliphatic heterocycles. The van der Waals surface area contributed by atoms with Gasteiger partial charge >= 0.3 is 6.09 Å². The largest absolute Gasteiger partial charge is 0.459 e. The van der Waals surface area contributed by atoms with E-state index >= 15 is 4.79 Å². The average Bonchev–Trinajstić information content (AvgIpc) is 3.63. The van der Waals surface area contributed by atoms with Crippen molar-refractivity contribution in [1.82, 2.24) is 4.90 Å². The Morgan fingerprint density at radius 3 is 2.18 bits per heavy atom. The zero-order valence-corrected chi connectivity index (χ0v) is 45.3. The number of carbonyl (C=O) groups is 1. The molecular formula is C61H78FN3O10S. The smallest absolute Gasteiger partial charge is 0.410 e. The summed E-state index contributed by atoms with van der Waals surface area (Å²) < 4.78 is 42.1. The molecule has 2 N–H and O–H groups in total. The van der Waals surface area contributed by atoms with Crippen LogP contribution in [0.5, 0.6) is 17.2 Å². The van der Waals surface area contributed by atoms with Gasteiger partial charge in [0.2, 0.25) is 5.79 Å². The summed E-state index contributed by atoms with van der Waals surface area (Å²) in [5.74, 6) is -1.14. The van der Waals surface area contributed by atoms with E-state index in [2.05, 4.69) is 25.6 Å².